The minimum atomic E-state index is -0.408. The van der Waals surface area contributed by atoms with Gasteiger partial charge in [-0.25, -0.2) is 4.79 Å². The van der Waals surface area contributed by atoms with E-state index in [9.17, 15) is 9.59 Å². The van der Waals surface area contributed by atoms with E-state index >= 15 is 0 Å². The Morgan fingerprint density at radius 1 is 0.660 bits per heavy atom. The van der Waals surface area contributed by atoms with Crippen molar-refractivity contribution in [3.8, 4) is 5.75 Å². The molecule has 9 heteroatoms. The number of nitrogens with two attached hydrogens (primary N) is 2. The second-order valence-electron chi connectivity index (χ2n) is 16.6. The van der Waals surface area contributed by atoms with Crippen LogP contribution in [-0.4, -0.2) is 64.4 Å². The molecule has 0 radical (unpaired) electrons. The highest BCUT2D eigenvalue weighted by molar-refractivity contribution is 5.83. The molecule has 2 aliphatic carbocycles. The first-order valence-electron chi connectivity index (χ1n) is 22.0. The fourth-order valence-corrected chi connectivity index (χ4v) is 9.10. The van der Waals surface area contributed by atoms with Gasteiger partial charge in [0.1, 0.15) is 5.75 Å². The first kappa shape index (κ1) is 45.2. The van der Waals surface area contributed by atoms with Gasteiger partial charge in [-0.1, -0.05) is 103 Å². The lowest BCUT2D eigenvalue weighted by Crippen LogP contribution is -2.55. The average Bonchev–Trinajstić information content (AvgIpc) is 3.15. The van der Waals surface area contributed by atoms with Crippen molar-refractivity contribution in [2.75, 3.05) is 52.4 Å². The Labute approximate surface area is 324 Å². The van der Waals surface area contributed by atoms with Gasteiger partial charge in [-0.3, -0.25) is 4.79 Å². The largest absolute Gasteiger partial charge is 0.412 e. The fourth-order valence-electron chi connectivity index (χ4n) is 9.10. The van der Waals surface area contributed by atoms with Gasteiger partial charge >= 0.3 is 6.09 Å². The van der Waals surface area contributed by atoms with Gasteiger partial charge in [0, 0.05) is 13.1 Å². The summed E-state index contributed by atoms with van der Waals surface area (Å²) in [4.78, 5) is 26.5. The highest BCUT2D eigenvalue weighted by Gasteiger charge is 2.55. The standard InChI is InChI=1S/C44H80N6O3/c1-43-26-19-27-44(2,41(51)49-34-20-32-47-30-17-13-9-5-3-7-11-15-28-45)40(43)25-23-37-22-24-38(36-39(37)43)53-42(52)50-35-21-33-48-31-18-14-10-6-4-8-12-16-29-46/h22,24,36,40,47-48H,3-21,23,25-35,45-46H2,1-2H3,(H,49,51)(H,50,52)/t40-,43-,44+/m1/s1. The Bertz CT molecular complexity index is 1150. The Morgan fingerprint density at radius 2 is 1.17 bits per heavy atom. The van der Waals surface area contributed by atoms with Crippen LogP contribution < -0.4 is 37.5 Å². The second kappa shape index (κ2) is 26.6. The van der Waals surface area contributed by atoms with Crippen molar-refractivity contribution in [1.29, 1.82) is 0 Å². The lowest BCUT2D eigenvalue weighted by atomic mass is 9.49. The van der Waals surface area contributed by atoms with E-state index in [-0.39, 0.29) is 17.2 Å². The van der Waals surface area contributed by atoms with E-state index in [4.69, 9.17) is 16.2 Å². The van der Waals surface area contributed by atoms with E-state index in [2.05, 4.69) is 47.2 Å². The van der Waals surface area contributed by atoms with Crippen LogP contribution in [0.25, 0.3) is 0 Å². The average molecular weight is 741 g/mol. The predicted molar refractivity (Wildman–Crippen MR) is 222 cm³/mol. The molecule has 9 nitrogen and oxygen atoms in total. The number of benzene rings is 1. The zero-order valence-electron chi connectivity index (χ0n) is 34.1. The summed E-state index contributed by atoms with van der Waals surface area (Å²) in [6, 6.07) is 6.15. The van der Waals surface area contributed by atoms with Crippen LogP contribution in [0.3, 0.4) is 0 Å². The Balaban J connectivity index is 1.32. The molecule has 53 heavy (non-hydrogen) atoms. The van der Waals surface area contributed by atoms with E-state index in [0.717, 1.165) is 97.1 Å². The van der Waals surface area contributed by atoms with Crippen LogP contribution in [0.4, 0.5) is 4.79 Å². The van der Waals surface area contributed by atoms with Gasteiger partial charge in [-0.15, -0.1) is 0 Å². The zero-order valence-corrected chi connectivity index (χ0v) is 34.1. The number of nitrogens with one attached hydrogen (secondary N) is 4. The summed E-state index contributed by atoms with van der Waals surface area (Å²) in [7, 11) is 0. The van der Waals surface area contributed by atoms with Crippen LogP contribution in [0, 0.1) is 11.3 Å². The van der Waals surface area contributed by atoms with Crippen molar-refractivity contribution in [3.63, 3.8) is 0 Å². The minimum absolute atomic E-state index is 0.129. The van der Waals surface area contributed by atoms with Crippen molar-refractivity contribution in [1.82, 2.24) is 21.3 Å². The van der Waals surface area contributed by atoms with E-state index in [1.165, 1.54) is 101 Å². The van der Waals surface area contributed by atoms with Crippen molar-refractivity contribution in [2.24, 2.45) is 22.8 Å². The normalized spacial score (nSPS) is 20.8. The fraction of sp³-hybridized carbons (Fsp3) is 0.818. The molecule has 2 amide bonds. The summed E-state index contributed by atoms with van der Waals surface area (Å²) < 4.78 is 5.79. The summed E-state index contributed by atoms with van der Waals surface area (Å²) in [6.07, 6.45) is 26.8. The van der Waals surface area contributed by atoms with E-state index in [1.807, 2.05) is 6.07 Å². The van der Waals surface area contributed by atoms with Crippen molar-refractivity contribution >= 4 is 12.0 Å². The molecule has 1 aromatic carbocycles. The molecule has 0 saturated heterocycles. The molecule has 0 heterocycles. The van der Waals surface area contributed by atoms with Crippen LogP contribution in [0.1, 0.15) is 166 Å². The molecule has 0 aromatic heterocycles. The third kappa shape index (κ3) is 16.2. The molecule has 0 aliphatic heterocycles. The number of rotatable bonds is 30. The highest BCUT2D eigenvalue weighted by Crippen LogP contribution is 2.57. The van der Waals surface area contributed by atoms with Crippen molar-refractivity contribution < 1.29 is 14.3 Å². The predicted octanol–water partition coefficient (Wildman–Crippen LogP) is 8.02. The van der Waals surface area contributed by atoms with Crippen LogP contribution >= 0.6 is 0 Å². The molecule has 3 rings (SSSR count). The van der Waals surface area contributed by atoms with E-state index in [0.29, 0.717) is 18.8 Å². The lowest BCUT2D eigenvalue weighted by Gasteiger charge is -2.54. The van der Waals surface area contributed by atoms with Gasteiger partial charge in [-0.05, 0) is 138 Å². The second-order valence-corrected chi connectivity index (χ2v) is 16.6. The summed E-state index contributed by atoms with van der Waals surface area (Å²) in [5.41, 5.74) is 13.2. The molecule has 8 N–H and O–H groups in total. The molecule has 1 fully saturated rings. The van der Waals surface area contributed by atoms with Crippen molar-refractivity contribution in [3.05, 3.63) is 29.3 Å². The molecule has 1 saturated carbocycles. The molecule has 1 aromatic rings. The third-order valence-corrected chi connectivity index (χ3v) is 12.3. The molecule has 304 valence electrons. The minimum Gasteiger partial charge on any atom is -0.410 e. The van der Waals surface area contributed by atoms with Crippen LogP contribution in [0.15, 0.2) is 18.2 Å². The van der Waals surface area contributed by atoms with Gasteiger partial charge in [-0.2, -0.15) is 0 Å². The van der Waals surface area contributed by atoms with Gasteiger partial charge < -0.3 is 37.5 Å². The number of unbranched alkanes of at least 4 members (excludes halogenated alkanes) is 14. The van der Waals surface area contributed by atoms with Crippen LogP contribution in [-0.2, 0) is 16.6 Å². The van der Waals surface area contributed by atoms with Crippen molar-refractivity contribution in [2.45, 2.75) is 167 Å². The van der Waals surface area contributed by atoms with Crippen LogP contribution in [0.5, 0.6) is 5.75 Å². The highest BCUT2D eigenvalue weighted by atomic mass is 16.6. The maximum absolute atomic E-state index is 13.8. The Hall–Kier alpha value is -2.20. The zero-order chi connectivity index (χ0) is 38.0. The number of carbonyl (C=O) groups is 2. The number of hydrogen-bond donors (Lipinski definition) is 6. The van der Waals surface area contributed by atoms with Gasteiger partial charge in [0.05, 0.1) is 5.41 Å². The topological polar surface area (TPSA) is 144 Å². The molecule has 2 aliphatic rings. The molecular weight excluding hydrogens is 661 g/mol. The van der Waals surface area contributed by atoms with Gasteiger partial charge in [0.2, 0.25) is 5.91 Å². The summed E-state index contributed by atoms with van der Waals surface area (Å²) in [5, 5.41) is 13.3. The SMILES string of the molecule is C[C@]1(C(=O)NCCCNCCCCCCCCCCN)CCC[C@]2(C)c3cc(OC(=O)NCCCNCCCCCCCCCCN)ccc3CC[C@@H]12. The summed E-state index contributed by atoms with van der Waals surface area (Å²) in [6.45, 7) is 11.4. The smallest absolute Gasteiger partial charge is 0.410 e. The quantitative estimate of drug-likeness (QED) is 0.0439. The number of fused-ring (bicyclic) bond motifs is 3. The number of ether oxygens (including phenoxy) is 1. The molecule has 0 spiro atoms. The Kier molecular flexibility index (Phi) is 22.7. The maximum atomic E-state index is 13.8. The summed E-state index contributed by atoms with van der Waals surface area (Å²) >= 11 is 0. The molecular formula is C44H80N6O3. The van der Waals surface area contributed by atoms with Gasteiger partial charge in [0.25, 0.3) is 0 Å². The lowest BCUT2D eigenvalue weighted by molar-refractivity contribution is -0.138. The van der Waals surface area contributed by atoms with Crippen LogP contribution in [0.2, 0.25) is 0 Å². The van der Waals surface area contributed by atoms with E-state index < -0.39 is 11.5 Å². The van der Waals surface area contributed by atoms with Gasteiger partial charge in [0.15, 0.2) is 0 Å². The Morgan fingerprint density at radius 3 is 1.74 bits per heavy atom. The molecule has 3 atom stereocenters. The molecule has 0 bridgehead atoms. The number of aryl methyl sites for hydroxylation is 1. The first-order valence-corrected chi connectivity index (χ1v) is 22.0. The third-order valence-electron chi connectivity index (χ3n) is 12.3. The number of hydrogen-bond acceptors (Lipinski definition) is 7. The first-order chi connectivity index (χ1) is 25.8. The monoisotopic (exact) mass is 741 g/mol. The maximum Gasteiger partial charge on any atom is 0.412 e. The van der Waals surface area contributed by atoms with E-state index in [1.54, 1.807) is 0 Å². The summed E-state index contributed by atoms with van der Waals surface area (Å²) in [5.74, 6) is 1.04. The number of amides is 2. The molecule has 0 unspecified atom stereocenters. The number of carbonyl (C=O) groups excluding carboxylic acids is 2.